The summed E-state index contributed by atoms with van der Waals surface area (Å²) in [7, 11) is 1.27. The Labute approximate surface area is 134 Å². The van der Waals surface area contributed by atoms with Crippen LogP contribution in [0.3, 0.4) is 0 Å². The van der Waals surface area contributed by atoms with Gasteiger partial charge in [0.2, 0.25) is 0 Å². The number of methoxy groups -OCH3 is 1. The van der Waals surface area contributed by atoms with Crippen molar-refractivity contribution in [1.82, 2.24) is 5.32 Å². The van der Waals surface area contributed by atoms with Gasteiger partial charge in [-0.05, 0) is 35.7 Å². The summed E-state index contributed by atoms with van der Waals surface area (Å²) in [6, 6.07) is 11.5. The zero-order chi connectivity index (χ0) is 16.4. The molecule has 3 N–H and O–H groups in total. The highest BCUT2D eigenvalue weighted by molar-refractivity contribution is 5.95. The van der Waals surface area contributed by atoms with Gasteiger partial charge >= 0.3 is 5.97 Å². The van der Waals surface area contributed by atoms with E-state index < -0.39 is 11.7 Å². The molecule has 0 saturated heterocycles. The largest absolute Gasteiger partial charge is 0.504 e. The van der Waals surface area contributed by atoms with Gasteiger partial charge in [0, 0.05) is 12.5 Å². The van der Waals surface area contributed by atoms with E-state index in [0.717, 1.165) is 16.7 Å². The second-order valence-corrected chi connectivity index (χ2v) is 5.60. The highest BCUT2D eigenvalue weighted by Crippen LogP contribution is 2.40. The van der Waals surface area contributed by atoms with Crippen LogP contribution < -0.4 is 5.32 Å². The van der Waals surface area contributed by atoms with Crippen molar-refractivity contribution in [2.75, 3.05) is 20.2 Å². The Hall–Kier alpha value is -2.53. The predicted octanol–water partition coefficient (Wildman–Crippen LogP) is 2.16. The number of carbonyl (C=O) groups is 1. The summed E-state index contributed by atoms with van der Waals surface area (Å²) in [5.74, 6) is -1.36. The molecule has 0 aliphatic carbocycles. The normalized spacial score (nSPS) is 17.2. The van der Waals surface area contributed by atoms with Gasteiger partial charge in [-0.1, -0.05) is 30.3 Å². The van der Waals surface area contributed by atoms with Crippen LogP contribution in [-0.4, -0.2) is 36.4 Å². The molecule has 2 aromatic carbocycles. The molecule has 0 aromatic heterocycles. The van der Waals surface area contributed by atoms with Crippen LogP contribution in [0.5, 0.6) is 11.5 Å². The third-order valence-corrected chi connectivity index (χ3v) is 4.29. The lowest BCUT2D eigenvalue weighted by molar-refractivity contribution is 0.0595. The SMILES string of the molecule is COC(=O)c1c(O)c(O)cc2c1CCNC[C@@H]2c1ccccc1. The smallest absolute Gasteiger partial charge is 0.342 e. The van der Waals surface area contributed by atoms with Crippen LogP contribution in [0.4, 0.5) is 0 Å². The number of hydrogen-bond donors (Lipinski definition) is 3. The lowest BCUT2D eigenvalue weighted by Gasteiger charge is -2.21. The molecule has 1 atom stereocenters. The van der Waals surface area contributed by atoms with Gasteiger partial charge in [0.15, 0.2) is 11.5 Å². The van der Waals surface area contributed by atoms with Crippen LogP contribution >= 0.6 is 0 Å². The number of carbonyl (C=O) groups excluding carboxylic acids is 1. The Morgan fingerprint density at radius 2 is 2.00 bits per heavy atom. The average molecular weight is 313 g/mol. The Morgan fingerprint density at radius 1 is 1.26 bits per heavy atom. The van der Waals surface area contributed by atoms with E-state index in [1.165, 1.54) is 7.11 Å². The number of benzene rings is 2. The van der Waals surface area contributed by atoms with E-state index in [4.69, 9.17) is 4.74 Å². The summed E-state index contributed by atoms with van der Waals surface area (Å²) in [5.41, 5.74) is 2.72. The van der Waals surface area contributed by atoms with Crippen molar-refractivity contribution in [2.24, 2.45) is 0 Å². The van der Waals surface area contributed by atoms with E-state index in [2.05, 4.69) is 5.32 Å². The van der Waals surface area contributed by atoms with Crippen molar-refractivity contribution < 1.29 is 19.7 Å². The number of ether oxygens (including phenoxy) is 1. The highest BCUT2D eigenvalue weighted by atomic mass is 16.5. The summed E-state index contributed by atoms with van der Waals surface area (Å²) in [5, 5.41) is 23.6. The lowest BCUT2D eigenvalue weighted by Crippen LogP contribution is -2.20. The first kappa shape index (κ1) is 15.4. The molecular formula is C18H19NO4. The molecule has 5 heteroatoms. The van der Waals surface area contributed by atoms with Crippen molar-refractivity contribution in [3.63, 3.8) is 0 Å². The molecule has 23 heavy (non-hydrogen) atoms. The highest BCUT2D eigenvalue weighted by Gasteiger charge is 2.29. The third kappa shape index (κ3) is 2.75. The maximum atomic E-state index is 12.1. The predicted molar refractivity (Wildman–Crippen MR) is 86.0 cm³/mol. The second-order valence-electron chi connectivity index (χ2n) is 5.60. The quantitative estimate of drug-likeness (QED) is 0.585. The Morgan fingerprint density at radius 3 is 2.70 bits per heavy atom. The Balaban J connectivity index is 2.22. The monoisotopic (exact) mass is 313 g/mol. The van der Waals surface area contributed by atoms with Gasteiger partial charge in [0.25, 0.3) is 0 Å². The molecule has 1 aliphatic heterocycles. The van der Waals surface area contributed by atoms with E-state index in [-0.39, 0.29) is 17.2 Å². The van der Waals surface area contributed by atoms with Crippen LogP contribution in [-0.2, 0) is 11.2 Å². The van der Waals surface area contributed by atoms with Crippen LogP contribution in [0.15, 0.2) is 36.4 Å². The molecule has 0 spiro atoms. The van der Waals surface area contributed by atoms with Crippen molar-refractivity contribution in [3.05, 3.63) is 58.7 Å². The molecule has 0 saturated carbocycles. The van der Waals surface area contributed by atoms with Gasteiger partial charge in [-0.2, -0.15) is 0 Å². The van der Waals surface area contributed by atoms with E-state index >= 15 is 0 Å². The zero-order valence-corrected chi connectivity index (χ0v) is 12.9. The molecule has 1 heterocycles. The van der Waals surface area contributed by atoms with Gasteiger partial charge in [-0.15, -0.1) is 0 Å². The van der Waals surface area contributed by atoms with Gasteiger partial charge in [0.05, 0.1) is 7.11 Å². The molecule has 120 valence electrons. The molecule has 1 aliphatic rings. The Bertz CT molecular complexity index is 728. The van der Waals surface area contributed by atoms with Crippen LogP contribution in [0, 0.1) is 0 Å². The van der Waals surface area contributed by atoms with Gasteiger partial charge in [-0.3, -0.25) is 0 Å². The molecular weight excluding hydrogens is 294 g/mol. The van der Waals surface area contributed by atoms with Crippen molar-refractivity contribution in [2.45, 2.75) is 12.3 Å². The van der Waals surface area contributed by atoms with Crippen molar-refractivity contribution >= 4 is 5.97 Å². The number of esters is 1. The maximum absolute atomic E-state index is 12.1. The first-order valence-corrected chi connectivity index (χ1v) is 7.55. The minimum absolute atomic E-state index is 0.0105. The minimum Gasteiger partial charge on any atom is -0.504 e. The summed E-state index contributed by atoms with van der Waals surface area (Å²) >= 11 is 0. The number of rotatable bonds is 2. The summed E-state index contributed by atoms with van der Waals surface area (Å²) in [6.45, 7) is 1.38. The number of hydrogen-bond acceptors (Lipinski definition) is 5. The topological polar surface area (TPSA) is 78.8 Å². The summed E-state index contributed by atoms with van der Waals surface area (Å²) in [4.78, 5) is 12.1. The number of phenols is 2. The molecule has 2 aromatic rings. The molecule has 3 rings (SSSR count). The van der Waals surface area contributed by atoms with Crippen molar-refractivity contribution in [3.8, 4) is 11.5 Å². The van der Waals surface area contributed by atoms with E-state index in [0.29, 0.717) is 19.5 Å². The Kier molecular flexibility index (Phi) is 4.21. The van der Waals surface area contributed by atoms with E-state index in [1.807, 2.05) is 30.3 Å². The first-order valence-electron chi connectivity index (χ1n) is 7.55. The number of nitrogens with one attached hydrogen (secondary N) is 1. The minimum atomic E-state index is -0.636. The van der Waals surface area contributed by atoms with Gasteiger partial charge < -0.3 is 20.3 Å². The first-order chi connectivity index (χ1) is 11.1. The van der Waals surface area contributed by atoms with E-state index in [9.17, 15) is 15.0 Å². The second kappa shape index (κ2) is 6.30. The molecule has 0 unspecified atom stereocenters. The molecule has 0 bridgehead atoms. The molecule has 0 fully saturated rings. The fourth-order valence-electron chi connectivity index (χ4n) is 3.17. The summed E-state index contributed by atoms with van der Waals surface area (Å²) < 4.78 is 4.79. The molecule has 0 radical (unpaired) electrons. The van der Waals surface area contributed by atoms with Gasteiger partial charge in [-0.25, -0.2) is 4.79 Å². The van der Waals surface area contributed by atoms with Crippen molar-refractivity contribution in [1.29, 1.82) is 0 Å². The summed E-state index contributed by atoms with van der Waals surface area (Å²) in [6.07, 6.45) is 0.580. The lowest BCUT2D eigenvalue weighted by atomic mass is 9.85. The van der Waals surface area contributed by atoms with Crippen LogP contribution in [0.2, 0.25) is 0 Å². The van der Waals surface area contributed by atoms with E-state index in [1.54, 1.807) is 6.07 Å². The number of aromatic hydroxyl groups is 2. The van der Waals surface area contributed by atoms with Gasteiger partial charge in [0.1, 0.15) is 5.56 Å². The fraction of sp³-hybridized carbons (Fsp3) is 0.278. The maximum Gasteiger partial charge on any atom is 0.342 e. The third-order valence-electron chi connectivity index (χ3n) is 4.29. The fourth-order valence-corrected chi connectivity index (χ4v) is 3.17. The average Bonchev–Trinajstić information content (AvgIpc) is 2.78. The standard InChI is InChI=1S/C18H19NO4/c1-23-18(22)16-12-7-8-19-10-14(11-5-3-2-4-6-11)13(12)9-15(20)17(16)21/h2-6,9,14,19-21H,7-8,10H2,1H3/t14-/m1/s1. The molecule has 0 amide bonds. The number of phenolic OH excluding ortho intramolecular Hbond substituents is 2. The zero-order valence-electron chi connectivity index (χ0n) is 12.9. The molecule has 5 nitrogen and oxygen atoms in total. The number of fused-ring (bicyclic) bond motifs is 1. The van der Waals surface area contributed by atoms with Crippen LogP contribution in [0.25, 0.3) is 0 Å². The van der Waals surface area contributed by atoms with Crippen LogP contribution in [0.1, 0.15) is 33.0 Å².